The molecule has 41 heavy (non-hydrogen) atoms. The predicted octanol–water partition coefficient (Wildman–Crippen LogP) is 6.40. The van der Waals surface area contributed by atoms with Crippen LogP contribution in [0.3, 0.4) is 0 Å². The van der Waals surface area contributed by atoms with Crippen LogP contribution in [0.15, 0.2) is 48.8 Å². The van der Waals surface area contributed by atoms with Crippen molar-refractivity contribution in [2.45, 2.75) is 149 Å². The van der Waals surface area contributed by atoms with Gasteiger partial charge < -0.3 is 28.7 Å². The monoisotopic (exact) mass is 678 g/mol. The third-order valence-corrected chi connectivity index (χ3v) is 7.78. The predicted molar refractivity (Wildman–Crippen MR) is 169 cm³/mol. The van der Waals surface area contributed by atoms with Gasteiger partial charge in [-0.2, -0.15) is 4.57 Å². The van der Waals surface area contributed by atoms with Gasteiger partial charge in [0, 0.05) is 18.6 Å². The van der Waals surface area contributed by atoms with Crippen molar-refractivity contribution in [2.24, 2.45) is 0 Å². The van der Waals surface area contributed by atoms with Crippen molar-refractivity contribution >= 4 is 5.91 Å². The van der Waals surface area contributed by atoms with Gasteiger partial charge in [-0.05, 0) is 29.0 Å². The Morgan fingerprint density at radius 1 is 0.805 bits per heavy atom. The fourth-order valence-electron chi connectivity index (χ4n) is 5.31. The van der Waals surface area contributed by atoms with Crippen LogP contribution in [0, 0.1) is 0 Å². The first-order valence-electron chi connectivity index (χ1n) is 16.4. The van der Waals surface area contributed by atoms with Crippen LogP contribution in [-0.2, 0) is 16.6 Å². The molecule has 1 amide bonds. The molecule has 2 rings (SSSR count). The standard InChI is InChI=1S/C36H58N2O2.HI/c1-6-8-9-10-11-12-13-14-15-16-17-18-19-23-28-40-33-25-24-31(29-32(33)36(3,4)5)30-35(39)37-34(7-2)38-26-21-20-22-27-38;/h20-22,24-27,29,34H,6-19,23,28,30H2,1-5H3;1H. The number of carbonyl (C=O) groups excluding carboxylic acids is 1. The second-order valence-corrected chi connectivity index (χ2v) is 12.5. The Morgan fingerprint density at radius 2 is 1.34 bits per heavy atom. The molecule has 1 atom stereocenters. The summed E-state index contributed by atoms with van der Waals surface area (Å²) in [5, 5.41) is 3.18. The van der Waals surface area contributed by atoms with E-state index >= 15 is 0 Å². The zero-order valence-corrected chi connectivity index (χ0v) is 29.0. The number of amides is 1. The smallest absolute Gasteiger partial charge is 0.233 e. The maximum atomic E-state index is 12.9. The second-order valence-electron chi connectivity index (χ2n) is 12.5. The highest BCUT2D eigenvalue weighted by Gasteiger charge is 2.22. The number of ether oxygens (including phenoxy) is 1. The van der Waals surface area contributed by atoms with Gasteiger partial charge in [-0.1, -0.05) is 136 Å². The molecule has 0 radical (unpaired) electrons. The molecular weight excluding hydrogens is 619 g/mol. The quantitative estimate of drug-likeness (QED) is 0.0944. The average Bonchev–Trinajstić information content (AvgIpc) is 2.94. The number of nitrogens with zero attached hydrogens (tertiary/aromatic N) is 1. The van der Waals surface area contributed by atoms with Crippen molar-refractivity contribution in [3.8, 4) is 5.75 Å². The van der Waals surface area contributed by atoms with Crippen molar-refractivity contribution in [2.75, 3.05) is 6.61 Å². The van der Waals surface area contributed by atoms with Crippen LogP contribution in [0.2, 0.25) is 0 Å². The summed E-state index contributed by atoms with van der Waals surface area (Å²) >= 11 is 0. The van der Waals surface area contributed by atoms with E-state index in [9.17, 15) is 4.79 Å². The van der Waals surface area contributed by atoms with Crippen molar-refractivity contribution in [1.29, 1.82) is 0 Å². The molecule has 1 N–H and O–H groups in total. The van der Waals surface area contributed by atoms with Crippen LogP contribution in [0.25, 0.3) is 0 Å². The van der Waals surface area contributed by atoms with Gasteiger partial charge in [0.05, 0.1) is 13.0 Å². The highest BCUT2D eigenvalue weighted by Crippen LogP contribution is 2.32. The van der Waals surface area contributed by atoms with E-state index in [-0.39, 0.29) is 41.5 Å². The number of aromatic nitrogens is 1. The van der Waals surface area contributed by atoms with Crippen LogP contribution < -0.4 is 38.6 Å². The lowest BCUT2D eigenvalue weighted by Gasteiger charge is -2.24. The van der Waals surface area contributed by atoms with Gasteiger partial charge in [0.2, 0.25) is 12.1 Å². The number of rotatable bonds is 21. The van der Waals surface area contributed by atoms with Crippen molar-refractivity contribution < 1.29 is 38.1 Å². The molecule has 2 aromatic rings. The molecule has 1 aromatic carbocycles. The fourth-order valence-corrected chi connectivity index (χ4v) is 5.31. The lowest BCUT2D eigenvalue weighted by molar-refractivity contribution is -0.727. The molecule has 1 heterocycles. The highest BCUT2D eigenvalue weighted by molar-refractivity contribution is 5.78. The number of nitrogens with one attached hydrogen (secondary N) is 1. The summed E-state index contributed by atoms with van der Waals surface area (Å²) in [6.07, 6.45) is 24.2. The van der Waals surface area contributed by atoms with Gasteiger partial charge >= 0.3 is 0 Å². The average molecular weight is 679 g/mol. The molecule has 0 saturated heterocycles. The molecule has 0 spiro atoms. The largest absolute Gasteiger partial charge is 1.00 e. The lowest BCUT2D eigenvalue weighted by Crippen LogP contribution is -3.00. The number of pyridine rings is 1. The number of unbranched alkanes of at least 4 members (excludes halogenated alkanes) is 13. The second kappa shape index (κ2) is 22.0. The van der Waals surface area contributed by atoms with Crippen molar-refractivity contribution in [3.05, 3.63) is 59.9 Å². The number of benzene rings is 1. The highest BCUT2D eigenvalue weighted by atomic mass is 127. The molecule has 0 fully saturated rings. The van der Waals surface area contributed by atoms with Crippen LogP contribution in [0.1, 0.15) is 148 Å². The van der Waals surface area contributed by atoms with Crippen LogP contribution in [0.5, 0.6) is 5.75 Å². The van der Waals surface area contributed by atoms with Gasteiger partial charge in [0.15, 0.2) is 12.4 Å². The summed E-state index contributed by atoms with van der Waals surface area (Å²) in [7, 11) is 0. The minimum atomic E-state index is -0.0524. The molecule has 1 aromatic heterocycles. The molecule has 0 aliphatic heterocycles. The summed E-state index contributed by atoms with van der Waals surface area (Å²) in [6, 6.07) is 12.2. The van der Waals surface area contributed by atoms with Crippen LogP contribution in [-0.4, -0.2) is 12.5 Å². The van der Waals surface area contributed by atoms with Gasteiger partial charge in [-0.15, -0.1) is 0 Å². The Balaban J connectivity index is 0.00000840. The molecule has 0 aliphatic carbocycles. The van der Waals surface area contributed by atoms with E-state index in [1.165, 1.54) is 89.0 Å². The Hall–Kier alpha value is -1.63. The maximum Gasteiger partial charge on any atom is 0.233 e. The third kappa shape index (κ3) is 16.0. The number of halogens is 1. The Labute approximate surface area is 269 Å². The molecule has 0 bridgehead atoms. The molecule has 232 valence electrons. The van der Waals surface area contributed by atoms with E-state index in [0.717, 1.165) is 30.8 Å². The molecule has 0 aliphatic rings. The van der Waals surface area contributed by atoms with Crippen LogP contribution >= 0.6 is 0 Å². The zero-order chi connectivity index (χ0) is 29.1. The van der Waals surface area contributed by atoms with Crippen molar-refractivity contribution in [3.63, 3.8) is 0 Å². The Bertz CT molecular complexity index is 942. The van der Waals surface area contributed by atoms with E-state index in [1.807, 2.05) is 41.2 Å². The van der Waals surface area contributed by atoms with E-state index < -0.39 is 0 Å². The van der Waals surface area contributed by atoms with E-state index in [2.05, 4.69) is 52.1 Å². The molecule has 5 heteroatoms. The first-order chi connectivity index (χ1) is 19.3. The molecule has 1 unspecified atom stereocenters. The zero-order valence-electron chi connectivity index (χ0n) is 26.9. The SMILES string of the molecule is CCCCCCCCCCCCCCCCOc1ccc(CC(=O)NC(CC)[n+]2ccccc2)cc1C(C)(C)C.[I-]. The number of hydrogen-bond acceptors (Lipinski definition) is 2. The lowest BCUT2D eigenvalue weighted by atomic mass is 9.85. The van der Waals surface area contributed by atoms with E-state index in [0.29, 0.717) is 6.42 Å². The summed E-state index contributed by atoms with van der Waals surface area (Å²) in [6.45, 7) is 11.8. The summed E-state index contributed by atoms with van der Waals surface area (Å²) < 4.78 is 8.31. The summed E-state index contributed by atoms with van der Waals surface area (Å²) in [5.41, 5.74) is 2.15. The maximum absolute atomic E-state index is 12.9. The normalized spacial score (nSPS) is 12.0. The first-order valence-corrected chi connectivity index (χ1v) is 16.4. The minimum absolute atomic E-state index is 0. The number of hydrogen-bond donors (Lipinski definition) is 1. The van der Waals surface area contributed by atoms with Gasteiger partial charge in [0.1, 0.15) is 5.75 Å². The molecule has 4 nitrogen and oxygen atoms in total. The van der Waals surface area contributed by atoms with E-state index in [4.69, 9.17) is 4.74 Å². The summed E-state index contributed by atoms with van der Waals surface area (Å²) in [4.78, 5) is 12.9. The fraction of sp³-hybridized carbons (Fsp3) is 0.667. The number of carbonyl (C=O) groups is 1. The van der Waals surface area contributed by atoms with Crippen molar-refractivity contribution in [1.82, 2.24) is 5.32 Å². The molecular formula is C36H59IN2O2. The topological polar surface area (TPSA) is 42.2 Å². The first kappa shape index (κ1) is 37.4. The molecule has 0 saturated carbocycles. The van der Waals surface area contributed by atoms with Gasteiger partial charge in [0.25, 0.3) is 0 Å². The third-order valence-electron chi connectivity index (χ3n) is 7.78. The Morgan fingerprint density at radius 3 is 1.85 bits per heavy atom. The minimum Gasteiger partial charge on any atom is -1.00 e. The van der Waals surface area contributed by atoms with Crippen LogP contribution in [0.4, 0.5) is 0 Å². The summed E-state index contributed by atoms with van der Waals surface area (Å²) in [5.74, 6) is 0.997. The van der Waals surface area contributed by atoms with E-state index in [1.54, 1.807) is 0 Å². The van der Waals surface area contributed by atoms with Gasteiger partial charge in [-0.3, -0.25) is 10.1 Å². The van der Waals surface area contributed by atoms with Gasteiger partial charge in [-0.25, -0.2) is 0 Å². The Kier molecular flexibility index (Phi) is 20.1.